The van der Waals surface area contributed by atoms with Gasteiger partial charge in [-0.2, -0.15) is 0 Å². The highest BCUT2D eigenvalue weighted by Crippen LogP contribution is 2.25. The van der Waals surface area contributed by atoms with E-state index in [9.17, 15) is 9.90 Å². The molecule has 3 rings (SSSR count). The number of nitrogens with zero attached hydrogens (tertiary/aromatic N) is 1. The molecule has 0 radical (unpaired) electrons. The van der Waals surface area contributed by atoms with Crippen molar-refractivity contribution in [3.63, 3.8) is 0 Å². The second kappa shape index (κ2) is 7.30. The van der Waals surface area contributed by atoms with Crippen molar-refractivity contribution in [1.82, 2.24) is 10.3 Å². The summed E-state index contributed by atoms with van der Waals surface area (Å²) in [7, 11) is 0. The second-order valence-electron chi connectivity index (χ2n) is 4.94. The van der Waals surface area contributed by atoms with E-state index in [-0.39, 0.29) is 18.3 Å². The first kappa shape index (κ1) is 15.6. The quantitative estimate of drug-likeness (QED) is 0.681. The first-order valence-corrected chi connectivity index (χ1v) is 8.16. The van der Waals surface area contributed by atoms with Crippen LogP contribution in [0.5, 0.6) is 0 Å². The van der Waals surface area contributed by atoms with Crippen LogP contribution in [0.2, 0.25) is 0 Å². The predicted molar refractivity (Wildman–Crippen MR) is 89.1 cm³/mol. The van der Waals surface area contributed by atoms with Crippen molar-refractivity contribution >= 4 is 28.4 Å². The Labute approximate surface area is 137 Å². The number of thioether (sulfide) groups is 1. The van der Waals surface area contributed by atoms with Crippen LogP contribution < -0.4 is 5.32 Å². The van der Waals surface area contributed by atoms with Crippen LogP contribution in [0, 0.1) is 0 Å². The Morgan fingerprint density at radius 1 is 1.26 bits per heavy atom. The molecule has 0 spiro atoms. The summed E-state index contributed by atoms with van der Waals surface area (Å²) in [5, 5.41) is 15.1. The van der Waals surface area contributed by atoms with E-state index in [4.69, 9.17) is 4.42 Å². The number of nitrogens with one attached hydrogen (secondary N) is 1. The van der Waals surface area contributed by atoms with E-state index in [0.717, 1.165) is 15.8 Å². The minimum Gasteiger partial charge on any atom is -0.467 e. The molecular weight excluding hydrogens is 312 g/mol. The highest BCUT2D eigenvalue weighted by atomic mass is 32.2. The molecule has 2 aromatic heterocycles. The van der Waals surface area contributed by atoms with Crippen molar-refractivity contribution in [1.29, 1.82) is 0 Å². The number of rotatable bonds is 6. The van der Waals surface area contributed by atoms with Crippen LogP contribution in [-0.2, 0) is 4.79 Å². The third-order valence-corrected chi connectivity index (χ3v) is 4.39. The molecule has 1 atom stereocenters. The molecule has 0 saturated heterocycles. The Bertz CT molecular complexity index is 784. The summed E-state index contributed by atoms with van der Waals surface area (Å²) in [5.74, 6) is 0.576. The molecule has 1 amide bonds. The van der Waals surface area contributed by atoms with E-state index in [1.807, 2.05) is 30.3 Å². The maximum absolute atomic E-state index is 12.1. The van der Waals surface area contributed by atoms with Crippen molar-refractivity contribution < 1.29 is 14.3 Å². The number of benzene rings is 1. The summed E-state index contributed by atoms with van der Waals surface area (Å²) in [6, 6.07) is 12.8. The van der Waals surface area contributed by atoms with Crippen LogP contribution in [-0.4, -0.2) is 28.4 Å². The van der Waals surface area contributed by atoms with Crippen LogP contribution in [0.4, 0.5) is 0 Å². The third-order valence-electron chi connectivity index (χ3n) is 3.38. The molecule has 0 aliphatic rings. The molecule has 1 unspecified atom stereocenters. The van der Waals surface area contributed by atoms with Crippen molar-refractivity contribution in [2.24, 2.45) is 0 Å². The number of aliphatic hydroxyl groups is 1. The van der Waals surface area contributed by atoms with Gasteiger partial charge in [-0.15, -0.1) is 0 Å². The molecule has 2 N–H and O–H groups in total. The van der Waals surface area contributed by atoms with Gasteiger partial charge in [0.05, 0.1) is 18.6 Å². The summed E-state index contributed by atoms with van der Waals surface area (Å²) in [6.45, 7) is -0.212. The minimum atomic E-state index is -0.529. The fourth-order valence-electron chi connectivity index (χ4n) is 2.27. The molecule has 0 aliphatic heterocycles. The maximum Gasteiger partial charge on any atom is 0.231 e. The summed E-state index contributed by atoms with van der Waals surface area (Å²) in [5.41, 5.74) is 0. The van der Waals surface area contributed by atoms with Crippen molar-refractivity contribution in [3.05, 3.63) is 60.7 Å². The second-order valence-corrected chi connectivity index (χ2v) is 5.91. The molecular formula is C17H16N2O3S. The number of amides is 1. The molecule has 6 heteroatoms. The normalized spacial score (nSPS) is 12.2. The van der Waals surface area contributed by atoms with Gasteiger partial charge < -0.3 is 14.8 Å². The van der Waals surface area contributed by atoms with E-state index in [2.05, 4.69) is 10.3 Å². The fraction of sp³-hybridized carbons (Fsp3) is 0.176. The van der Waals surface area contributed by atoms with Gasteiger partial charge in [0.15, 0.2) is 0 Å². The summed E-state index contributed by atoms with van der Waals surface area (Å²) in [4.78, 5) is 16.4. The lowest BCUT2D eigenvalue weighted by molar-refractivity contribution is -0.119. The largest absolute Gasteiger partial charge is 0.467 e. The lowest BCUT2D eigenvalue weighted by Crippen LogP contribution is -2.31. The van der Waals surface area contributed by atoms with Gasteiger partial charge in [0.2, 0.25) is 5.91 Å². The Hall–Kier alpha value is -2.31. The number of carbonyl (C=O) groups excluding carboxylic acids is 1. The smallest absolute Gasteiger partial charge is 0.231 e. The fourth-order valence-corrected chi connectivity index (χ4v) is 3.10. The SMILES string of the molecule is O=C(CSc1nccc2ccccc12)NC(CO)c1ccco1. The van der Waals surface area contributed by atoms with Crippen LogP contribution in [0.3, 0.4) is 0 Å². The number of hydrogen-bond donors (Lipinski definition) is 2. The Kier molecular flexibility index (Phi) is 4.95. The number of aliphatic hydroxyl groups excluding tert-OH is 1. The summed E-state index contributed by atoms with van der Waals surface area (Å²) < 4.78 is 5.21. The molecule has 2 heterocycles. The van der Waals surface area contributed by atoms with Gasteiger partial charge in [-0.25, -0.2) is 4.98 Å². The van der Waals surface area contributed by atoms with Crippen LogP contribution in [0.25, 0.3) is 10.8 Å². The molecule has 118 valence electrons. The van der Waals surface area contributed by atoms with E-state index < -0.39 is 6.04 Å². The average molecular weight is 328 g/mol. The van der Waals surface area contributed by atoms with Gasteiger partial charge >= 0.3 is 0 Å². The number of carbonyl (C=O) groups is 1. The lowest BCUT2D eigenvalue weighted by Gasteiger charge is -2.13. The Balaban J connectivity index is 1.64. The van der Waals surface area contributed by atoms with Gasteiger partial charge in [0.25, 0.3) is 0 Å². The van der Waals surface area contributed by atoms with E-state index >= 15 is 0 Å². The first-order chi connectivity index (χ1) is 11.3. The van der Waals surface area contributed by atoms with Crippen LogP contribution in [0.1, 0.15) is 11.8 Å². The number of aromatic nitrogens is 1. The number of hydrogen-bond acceptors (Lipinski definition) is 5. The van der Waals surface area contributed by atoms with Gasteiger partial charge in [-0.1, -0.05) is 36.0 Å². The maximum atomic E-state index is 12.1. The van der Waals surface area contributed by atoms with Gasteiger partial charge in [0, 0.05) is 11.6 Å². The zero-order valence-electron chi connectivity index (χ0n) is 12.3. The first-order valence-electron chi connectivity index (χ1n) is 7.18. The van der Waals surface area contributed by atoms with Crippen molar-refractivity contribution in [2.45, 2.75) is 11.1 Å². The zero-order valence-corrected chi connectivity index (χ0v) is 13.1. The van der Waals surface area contributed by atoms with Gasteiger partial charge in [-0.05, 0) is 23.6 Å². The minimum absolute atomic E-state index is 0.180. The molecule has 5 nitrogen and oxygen atoms in total. The number of pyridine rings is 1. The molecule has 1 aromatic carbocycles. The topological polar surface area (TPSA) is 75.4 Å². The molecule has 0 bridgehead atoms. The highest BCUT2D eigenvalue weighted by Gasteiger charge is 2.16. The van der Waals surface area contributed by atoms with Crippen LogP contribution in [0.15, 0.2) is 64.4 Å². The van der Waals surface area contributed by atoms with Crippen LogP contribution >= 0.6 is 11.8 Å². The predicted octanol–water partition coefficient (Wildman–Crippen LogP) is 2.77. The third kappa shape index (κ3) is 3.72. The van der Waals surface area contributed by atoms with E-state index in [0.29, 0.717) is 5.76 Å². The average Bonchev–Trinajstić information content (AvgIpc) is 3.12. The van der Waals surface area contributed by atoms with E-state index in [1.165, 1.54) is 18.0 Å². The number of fused-ring (bicyclic) bond motifs is 1. The van der Waals surface area contributed by atoms with E-state index in [1.54, 1.807) is 18.3 Å². The summed E-state index contributed by atoms with van der Waals surface area (Å²) in [6.07, 6.45) is 3.25. The van der Waals surface area contributed by atoms with Crippen molar-refractivity contribution in [3.8, 4) is 0 Å². The monoisotopic (exact) mass is 328 g/mol. The van der Waals surface area contributed by atoms with Gasteiger partial charge in [0.1, 0.15) is 16.8 Å². The zero-order chi connectivity index (χ0) is 16.1. The Morgan fingerprint density at radius 3 is 2.91 bits per heavy atom. The molecule has 0 aliphatic carbocycles. The summed E-state index contributed by atoms with van der Waals surface area (Å²) >= 11 is 1.37. The lowest BCUT2D eigenvalue weighted by atomic mass is 10.2. The molecule has 3 aromatic rings. The Morgan fingerprint density at radius 2 is 2.13 bits per heavy atom. The molecule has 0 saturated carbocycles. The molecule has 23 heavy (non-hydrogen) atoms. The highest BCUT2D eigenvalue weighted by molar-refractivity contribution is 8.00. The molecule has 0 fully saturated rings. The van der Waals surface area contributed by atoms with Gasteiger partial charge in [-0.3, -0.25) is 4.79 Å². The van der Waals surface area contributed by atoms with Crippen molar-refractivity contribution in [2.75, 3.05) is 12.4 Å². The number of furan rings is 1. The standard InChI is InChI=1S/C17H16N2O3S/c20-10-14(15-6-3-9-22-15)19-16(21)11-23-17-13-5-2-1-4-12(13)7-8-18-17/h1-9,14,20H,10-11H2,(H,19,21).